The summed E-state index contributed by atoms with van der Waals surface area (Å²) in [6.07, 6.45) is 3.05. The van der Waals surface area contributed by atoms with Crippen LogP contribution in [0, 0.1) is 5.92 Å². The fourth-order valence-electron chi connectivity index (χ4n) is 8.78. The van der Waals surface area contributed by atoms with Gasteiger partial charge in [0.2, 0.25) is 11.8 Å². The van der Waals surface area contributed by atoms with Crippen LogP contribution in [0.4, 0.5) is 9.59 Å². The van der Waals surface area contributed by atoms with Gasteiger partial charge in [0.1, 0.15) is 36.1 Å². The number of nitrogens with zero attached hydrogens (tertiary/aromatic N) is 4. The molecule has 2 aromatic heterocycles. The molecule has 3 aromatic carbocycles. The Labute approximate surface area is 361 Å². The maximum Gasteiger partial charge on any atom is 0.407 e. The van der Waals surface area contributed by atoms with Gasteiger partial charge in [0.15, 0.2) is 0 Å². The summed E-state index contributed by atoms with van der Waals surface area (Å²) >= 11 is 0. The third-order valence-electron chi connectivity index (χ3n) is 12.3. The number of aromatic nitrogens is 4. The number of alkyl carbamates (subject to hydrolysis) is 2. The van der Waals surface area contributed by atoms with E-state index >= 15 is 0 Å². The van der Waals surface area contributed by atoms with E-state index in [9.17, 15) is 19.2 Å². The van der Waals surface area contributed by atoms with Crippen molar-refractivity contribution < 1.29 is 38.1 Å². The van der Waals surface area contributed by atoms with E-state index in [1.165, 1.54) is 21.3 Å². The average molecular weight is 851 g/mol. The minimum atomic E-state index is -0.928. The third-order valence-corrected chi connectivity index (χ3v) is 12.3. The van der Waals surface area contributed by atoms with Crippen LogP contribution >= 0.6 is 0 Å². The first kappa shape index (κ1) is 43.9. The Morgan fingerprint density at radius 2 is 1.68 bits per heavy atom. The Hall–Kier alpha value is -6.16. The number of likely N-dealkylation sites (tertiary alicyclic amines) is 1. The normalized spacial score (nSPS) is 17.7. The Morgan fingerprint density at radius 3 is 2.37 bits per heavy atom. The molecular weight excluding hydrogens is 793 g/mol. The van der Waals surface area contributed by atoms with E-state index in [1.54, 1.807) is 22.9 Å². The second kappa shape index (κ2) is 18.4. The Morgan fingerprint density at radius 1 is 0.935 bits per heavy atom. The van der Waals surface area contributed by atoms with Gasteiger partial charge in [-0.1, -0.05) is 45.4 Å². The van der Waals surface area contributed by atoms with Gasteiger partial charge in [-0.25, -0.2) is 19.6 Å². The highest BCUT2D eigenvalue weighted by molar-refractivity contribution is 6.07. The maximum atomic E-state index is 14.0. The first-order valence-corrected chi connectivity index (χ1v) is 21.4. The van der Waals surface area contributed by atoms with Crippen molar-refractivity contribution in [1.29, 1.82) is 0 Å². The number of rotatable bonds is 14. The molecule has 16 nitrogen and oxygen atoms in total. The van der Waals surface area contributed by atoms with E-state index in [0.29, 0.717) is 24.7 Å². The predicted octanol–water partition coefficient (Wildman–Crippen LogP) is 7.37. The van der Waals surface area contributed by atoms with Gasteiger partial charge in [-0.2, -0.15) is 0 Å². The number of fused-ring (bicyclic) bond motifs is 6. The number of carbonyl (C=O) groups is 4. The molecular formula is C46H58N8O8. The largest absolute Gasteiger partial charge is 0.488 e. The van der Waals surface area contributed by atoms with E-state index < -0.39 is 30.4 Å². The van der Waals surface area contributed by atoms with Crippen molar-refractivity contribution in [3.63, 3.8) is 0 Å². The number of hydrogen-bond donors (Lipinski definition) is 4. The number of H-pyrrole nitrogens is 2. The van der Waals surface area contributed by atoms with Crippen LogP contribution < -0.4 is 15.4 Å². The Kier molecular flexibility index (Phi) is 13.1. The highest BCUT2D eigenvalue weighted by Crippen LogP contribution is 2.43. The molecule has 0 aliphatic carbocycles. The second-order valence-corrected chi connectivity index (χ2v) is 16.8. The summed E-state index contributed by atoms with van der Waals surface area (Å²) in [7, 11) is 4.05. The number of methoxy groups -OCH3 is 3. The smallest absolute Gasteiger partial charge is 0.407 e. The number of benzene rings is 3. The summed E-state index contributed by atoms with van der Waals surface area (Å²) in [4.78, 5) is 72.6. The molecule has 4 heterocycles. The van der Waals surface area contributed by atoms with E-state index in [0.717, 1.165) is 74.8 Å². The van der Waals surface area contributed by atoms with Crippen molar-refractivity contribution in [2.75, 3.05) is 21.3 Å². The van der Waals surface area contributed by atoms with Gasteiger partial charge in [-0.05, 0) is 92.3 Å². The lowest BCUT2D eigenvalue weighted by Crippen LogP contribution is -2.55. The van der Waals surface area contributed by atoms with Crippen molar-refractivity contribution in [3.05, 3.63) is 65.9 Å². The Balaban J connectivity index is 1.13. The monoisotopic (exact) mass is 850 g/mol. The van der Waals surface area contributed by atoms with E-state index in [4.69, 9.17) is 28.9 Å². The van der Waals surface area contributed by atoms with Crippen LogP contribution in [0.25, 0.3) is 44.2 Å². The maximum absolute atomic E-state index is 14.0. The zero-order valence-corrected chi connectivity index (χ0v) is 37.0. The lowest BCUT2D eigenvalue weighted by atomic mass is 9.92. The molecule has 7 rings (SSSR count). The summed E-state index contributed by atoms with van der Waals surface area (Å²) in [6.45, 7) is 12.3. The fraction of sp³-hybridized carbons (Fsp3) is 0.478. The molecule has 4 N–H and O–H groups in total. The molecule has 0 radical (unpaired) electrons. The summed E-state index contributed by atoms with van der Waals surface area (Å²) in [5, 5.41) is 7.31. The van der Waals surface area contributed by atoms with Crippen molar-refractivity contribution >= 4 is 45.8 Å². The molecule has 1 saturated heterocycles. The molecule has 2 aliphatic heterocycles. The van der Waals surface area contributed by atoms with Crippen molar-refractivity contribution in [2.45, 2.75) is 117 Å². The number of amides is 4. The number of carbonyl (C=O) groups excluding carboxylic acids is 4. The van der Waals surface area contributed by atoms with Gasteiger partial charge in [-0.15, -0.1) is 0 Å². The molecule has 0 spiro atoms. The molecule has 1 fully saturated rings. The van der Waals surface area contributed by atoms with Crippen molar-refractivity contribution in [3.8, 4) is 28.1 Å². The van der Waals surface area contributed by atoms with Crippen molar-refractivity contribution in [2.24, 2.45) is 5.92 Å². The zero-order chi connectivity index (χ0) is 44.4. The molecule has 0 unspecified atom stereocenters. The standard InChI is InChI=1S/C46H58N8O8/c1-10-11-25(4)53(43(55)39(24(2)3)51-45(57)60-8)22-38-48-34-16-14-28-19-33-31-15-13-29(18-30(31)23-62-37(33)20-32(28)41(34)50-38)35-21-47-42(49-35)36-17-12-26(5)54(36)44(56)40(27(6)59-7)52-46(58)61-9/h13-16,18-21,24-27,36,39-40H,10-12,17,22-23H2,1-9H3,(H,47,49)(H,48,50)(H,51,57)(H,52,58)/t25-,26-,27+,36-,39-,40-/m0/s1. The van der Waals surface area contributed by atoms with E-state index in [2.05, 4.69) is 57.9 Å². The van der Waals surface area contributed by atoms with E-state index in [-0.39, 0.29) is 42.4 Å². The van der Waals surface area contributed by atoms with Crippen LogP contribution in [0.15, 0.2) is 48.7 Å². The highest BCUT2D eigenvalue weighted by atomic mass is 16.5. The molecule has 0 bridgehead atoms. The van der Waals surface area contributed by atoms with Gasteiger partial charge in [0, 0.05) is 30.1 Å². The molecule has 62 heavy (non-hydrogen) atoms. The first-order chi connectivity index (χ1) is 29.8. The van der Waals surface area contributed by atoms with Crippen molar-refractivity contribution in [1.82, 2.24) is 40.4 Å². The summed E-state index contributed by atoms with van der Waals surface area (Å²) in [6, 6.07) is 12.4. The molecule has 16 heteroatoms. The highest BCUT2D eigenvalue weighted by Gasteiger charge is 2.42. The third kappa shape index (κ3) is 8.65. The minimum Gasteiger partial charge on any atom is -0.488 e. The molecule has 5 aromatic rings. The van der Waals surface area contributed by atoms with Crippen LogP contribution in [-0.2, 0) is 37.0 Å². The average Bonchev–Trinajstić information content (AvgIpc) is 4.03. The lowest BCUT2D eigenvalue weighted by molar-refractivity contribution is -0.139. The molecule has 6 atom stereocenters. The van der Waals surface area contributed by atoms with Gasteiger partial charge in [-0.3, -0.25) is 9.59 Å². The number of hydrogen-bond acceptors (Lipinski definition) is 10. The molecule has 2 aliphatic rings. The SMILES string of the molecule is CCC[C@H](C)N(Cc1nc2c(ccc3cc4c(cc32)OCc2cc(-c3cnc([C@@H]5CC[C@H](C)N5C(=O)[C@@H](NC(=O)OC)[C@@H](C)OC)[nH]3)ccc2-4)[nH]1)C(=O)[C@@H](NC(=O)OC)C(C)C. The van der Waals surface area contributed by atoms with Gasteiger partial charge >= 0.3 is 12.2 Å². The number of ether oxygens (including phenoxy) is 4. The van der Waals surface area contributed by atoms with Crippen LogP contribution in [-0.4, -0.2) is 105 Å². The van der Waals surface area contributed by atoms with Crippen LogP contribution in [0.5, 0.6) is 5.75 Å². The predicted molar refractivity (Wildman–Crippen MR) is 234 cm³/mol. The molecule has 330 valence electrons. The van der Waals surface area contributed by atoms with Crippen LogP contribution in [0.1, 0.15) is 90.5 Å². The lowest BCUT2D eigenvalue weighted by Gasteiger charge is -2.33. The summed E-state index contributed by atoms with van der Waals surface area (Å²) in [5.41, 5.74) is 6.44. The quantitative estimate of drug-likeness (QED) is 0.0877. The fourth-order valence-corrected chi connectivity index (χ4v) is 8.78. The summed E-state index contributed by atoms with van der Waals surface area (Å²) in [5.74, 6) is 1.47. The van der Waals surface area contributed by atoms with Gasteiger partial charge in [0.25, 0.3) is 0 Å². The summed E-state index contributed by atoms with van der Waals surface area (Å²) < 4.78 is 21.5. The topological polar surface area (TPSA) is 193 Å². The van der Waals surface area contributed by atoms with Crippen LogP contribution in [0.3, 0.4) is 0 Å². The number of nitrogens with one attached hydrogen (secondary N) is 4. The first-order valence-electron chi connectivity index (χ1n) is 21.4. The number of imidazole rings is 2. The molecule has 0 saturated carbocycles. The molecule has 4 amide bonds. The van der Waals surface area contributed by atoms with Gasteiger partial charge < -0.3 is 49.3 Å². The van der Waals surface area contributed by atoms with Gasteiger partial charge in [0.05, 0.1) is 55.8 Å². The van der Waals surface area contributed by atoms with E-state index in [1.807, 2.05) is 39.8 Å². The minimum absolute atomic E-state index is 0.0727. The second-order valence-electron chi connectivity index (χ2n) is 16.8. The Bertz CT molecular complexity index is 2460. The zero-order valence-electron chi connectivity index (χ0n) is 37.0. The number of aromatic amines is 2. The van der Waals surface area contributed by atoms with Crippen LogP contribution in [0.2, 0.25) is 0 Å².